The number of methoxy groups -OCH3 is 1. The molecule has 6 nitrogen and oxygen atoms in total. The van der Waals surface area contributed by atoms with Gasteiger partial charge in [0.25, 0.3) is 0 Å². The third kappa shape index (κ3) is 3.90. The number of carbonyl (C=O) groups is 2. The van der Waals surface area contributed by atoms with Gasteiger partial charge < -0.3 is 15.4 Å². The van der Waals surface area contributed by atoms with E-state index in [1.54, 1.807) is 0 Å². The first-order valence-corrected chi connectivity index (χ1v) is 9.18. The minimum absolute atomic E-state index is 0.282. The molecule has 6 heteroatoms. The maximum atomic E-state index is 12.6. The Hall–Kier alpha value is -2.34. The standard InChI is InChI=1S/C20H27N3O3/c1-13-7-8-14(2)15(11-13)18-17(19(24)26-3)16(21-20(25)22-18)12-23-9-5-4-6-10-23/h7-8,11,18H,4-6,9-10,12H2,1-3H3,(H2,21,22,25)/t18-/m1/s1. The van der Waals surface area contributed by atoms with Crippen molar-refractivity contribution in [1.29, 1.82) is 0 Å². The molecule has 1 atom stereocenters. The Morgan fingerprint density at radius 1 is 1.23 bits per heavy atom. The number of urea groups is 1. The minimum Gasteiger partial charge on any atom is -0.466 e. The van der Waals surface area contributed by atoms with Crippen molar-refractivity contribution in [3.63, 3.8) is 0 Å². The number of amides is 2. The van der Waals surface area contributed by atoms with Crippen LogP contribution in [0.25, 0.3) is 0 Å². The number of esters is 1. The van der Waals surface area contributed by atoms with Crippen LogP contribution >= 0.6 is 0 Å². The average molecular weight is 357 g/mol. The lowest BCUT2D eigenvalue weighted by Gasteiger charge is -2.33. The van der Waals surface area contributed by atoms with E-state index < -0.39 is 12.0 Å². The summed E-state index contributed by atoms with van der Waals surface area (Å²) in [6, 6.07) is 5.27. The van der Waals surface area contributed by atoms with Crippen molar-refractivity contribution in [1.82, 2.24) is 15.5 Å². The van der Waals surface area contributed by atoms with Gasteiger partial charge >= 0.3 is 12.0 Å². The van der Waals surface area contributed by atoms with Crippen LogP contribution in [0.2, 0.25) is 0 Å². The van der Waals surface area contributed by atoms with Gasteiger partial charge in [-0.05, 0) is 50.9 Å². The highest BCUT2D eigenvalue weighted by molar-refractivity contribution is 5.95. The van der Waals surface area contributed by atoms with Gasteiger partial charge in [0.05, 0.1) is 18.7 Å². The fraction of sp³-hybridized carbons (Fsp3) is 0.500. The van der Waals surface area contributed by atoms with Gasteiger partial charge in [0, 0.05) is 12.2 Å². The minimum atomic E-state index is -0.504. The van der Waals surface area contributed by atoms with Gasteiger partial charge in [0.1, 0.15) is 0 Å². The third-order valence-electron chi connectivity index (χ3n) is 5.14. The molecule has 1 fully saturated rings. The molecule has 1 saturated heterocycles. The van der Waals surface area contributed by atoms with Gasteiger partial charge in [0.2, 0.25) is 0 Å². The Labute approximate surface area is 154 Å². The Morgan fingerprint density at radius 3 is 2.65 bits per heavy atom. The molecule has 0 spiro atoms. The number of aryl methyl sites for hydroxylation is 2. The number of likely N-dealkylation sites (tertiary alicyclic amines) is 1. The van der Waals surface area contributed by atoms with E-state index >= 15 is 0 Å². The molecule has 0 aliphatic carbocycles. The Morgan fingerprint density at radius 2 is 1.96 bits per heavy atom. The van der Waals surface area contributed by atoms with E-state index in [4.69, 9.17) is 4.74 Å². The number of rotatable bonds is 4. The molecule has 26 heavy (non-hydrogen) atoms. The predicted octanol–water partition coefficient (Wildman–Crippen LogP) is 2.57. The van der Waals surface area contributed by atoms with E-state index in [1.165, 1.54) is 13.5 Å². The topological polar surface area (TPSA) is 70.7 Å². The summed E-state index contributed by atoms with van der Waals surface area (Å²) in [7, 11) is 1.38. The van der Waals surface area contributed by atoms with Gasteiger partial charge in [-0.25, -0.2) is 9.59 Å². The van der Waals surface area contributed by atoms with E-state index in [9.17, 15) is 9.59 Å². The van der Waals surface area contributed by atoms with Crippen LogP contribution in [0.15, 0.2) is 29.5 Å². The number of carbonyl (C=O) groups excluding carboxylic acids is 2. The lowest BCUT2D eigenvalue weighted by Crippen LogP contribution is -2.49. The lowest BCUT2D eigenvalue weighted by atomic mass is 9.91. The van der Waals surface area contributed by atoms with Crippen LogP contribution in [0.5, 0.6) is 0 Å². The van der Waals surface area contributed by atoms with Crippen LogP contribution in [0.3, 0.4) is 0 Å². The first kappa shape index (κ1) is 18.5. The fourth-order valence-corrected chi connectivity index (χ4v) is 3.74. The second-order valence-corrected chi connectivity index (χ2v) is 7.11. The molecule has 0 bridgehead atoms. The van der Waals surface area contributed by atoms with E-state index in [1.807, 2.05) is 32.0 Å². The van der Waals surface area contributed by atoms with Crippen LogP contribution in [0.4, 0.5) is 4.79 Å². The Bertz CT molecular complexity index is 736. The van der Waals surface area contributed by atoms with Crippen molar-refractivity contribution in [2.75, 3.05) is 26.7 Å². The van der Waals surface area contributed by atoms with Gasteiger partial charge in [0.15, 0.2) is 0 Å². The van der Waals surface area contributed by atoms with Crippen LogP contribution in [-0.2, 0) is 9.53 Å². The highest BCUT2D eigenvalue weighted by atomic mass is 16.5. The van der Waals surface area contributed by atoms with Crippen molar-refractivity contribution in [2.24, 2.45) is 0 Å². The summed E-state index contributed by atoms with van der Waals surface area (Å²) in [4.78, 5) is 27.2. The largest absolute Gasteiger partial charge is 0.466 e. The zero-order valence-electron chi connectivity index (χ0n) is 15.7. The van der Waals surface area contributed by atoms with Crippen molar-refractivity contribution in [2.45, 2.75) is 39.2 Å². The molecule has 140 valence electrons. The van der Waals surface area contributed by atoms with Crippen molar-refractivity contribution in [3.8, 4) is 0 Å². The van der Waals surface area contributed by atoms with Crippen LogP contribution in [-0.4, -0.2) is 43.6 Å². The molecule has 0 saturated carbocycles. The normalized spacial score (nSPS) is 21.2. The second-order valence-electron chi connectivity index (χ2n) is 7.11. The fourth-order valence-electron chi connectivity index (χ4n) is 3.74. The summed E-state index contributed by atoms with van der Waals surface area (Å²) in [5.74, 6) is -0.407. The maximum absolute atomic E-state index is 12.6. The van der Waals surface area contributed by atoms with Crippen LogP contribution in [0.1, 0.15) is 42.0 Å². The number of nitrogens with one attached hydrogen (secondary N) is 2. The molecule has 3 rings (SSSR count). The summed E-state index contributed by atoms with van der Waals surface area (Å²) in [6.45, 7) is 6.51. The number of ether oxygens (including phenoxy) is 1. The zero-order valence-corrected chi connectivity index (χ0v) is 15.7. The second kappa shape index (κ2) is 7.91. The number of hydrogen-bond donors (Lipinski definition) is 2. The van der Waals surface area contributed by atoms with E-state index in [0.717, 1.165) is 42.6 Å². The summed E-state index contributed by atoms with van der Waals surface area (Å²) in [5.41, 5.74) is 4.18. The van der Waals surface area contributed by atoms with E-state index in [0.29, 0.717) is 17.8 Å². The molecular formula is C20H27N3O3. The maximum Gasteiger partial charge on any atom is 0.338 e. The van der Waals surface area contributed by atoms with Crippen LogP contribution < -0.4 is 10.6 Å². The van der Waals surface area contributed by atoms with Crippen molar-refractivity contribution in [3.05, 3.63) is 46.2 Å². The number of hydrogen-bond acceptors (Lipinski definition) is 4. The highest BCUT2D eigenvalue weighted by Gasteiger charge is 2.34. The lowest BCUT2D eigenvalue weighted by molar-refractivity contribution is -0.136. The SMILES string of the molecule is COC(=O)C1=C(CN2CCCCC2)NC(=O)N[C@@H]1c1cc(C)ccc1C. The molecule has 2 aliphatic heterocycles. The molecule has 2 N–H and O–H groups in total. The third-order valence-corrected chi connectivity index (χ3v) is 5.14. The molecule has 1 aromatic rings. The summed E-state index contributed by atoms with van der Waals surface area (Å²) >= 11 is 0. The quantitative estimate of drug-likeness (QED) is 0.813. The first-order chi connectivity index (χ1) is 12.5. The smallest absolute Gasteiger partial charge is 0.338 e. The number of benzene rings is 1. The predicted molar refractivity (Wildman–Crippen MR) is 99.7 cm³/mol. The summed E-state index contributed by atoms with van der Waals surface area (Å²) < 4.78 is 5.06. The molecule has 0 radical (unpaired) electrons. The number of piperidine rings is 1. The van der Waals surface area contributed by atoms with Gasteiger partial charge in [-0.15, -0.1) is 0 Å². The number of nitrogens with zero attached hydrogens (tertiary/aromatic N) is 1. The molecule has 0 unspecified atom stereocenters. The molecule has 0 aromatic heterocycles. The molecule has 2 aliphatic rings. The Kier molecular flexibility index (Phi) is 5.61. The summed E-state index contributed by atoms with van der Waals surface area (Å²) in [5, 5.41) is 5.76. The van der Waals surface area contributed by atoms with Gasteiger partial charge in [-0.2, -0.15) is 0 Å². The zero-order chi connectivity index (χ0) is 18.7. The highest BCUT2D eigenvalue weighted by Crippen LogP contribution is 2.31. The van der Waals surface area contributed by atoms with E-state index in [2.05, 4.69) is 15.5 Å². The van der Waals surface area contributed by atoms with Gasteiger partial charge in [-0.3, -0.25) is 4.90 Å². The van der Waals surface area contributed by atoms with Crippen molar-refractivity contribution >= 4 is 12.0 Å². The molecule has 1 aromatic carbocycles. The van der Waals surface area contributed by atoms with Crippen molar-refractivity contribution < 1.29 is 14.3 Å². The van der Waals surface area contributed by atoms with Gasteiger partial charge in [-0.1, -0.05) is 30.2 Å². The van der Waals surface area contributed by atoms with Crippen LogP contribution in [0, 0.1) is 13.8 Å². The van der Waals surface area contributed by atoms with E-state index in [-0.39, 0.29) is 6.03 Å². The molecule has 2 heterocycles. The molecule has 2 amide bonds. The average Bonchev–Trinajstić information content (AvgIpc) is 2.63. The first-order valence-electron chi connectivity index (χ1n) is 9.18. The monoisotopic (exact) mass is 357 g/mol. The molecular weight excluding hydrogens is 330 g/mol. The Balaban J connectivity index is 2.03. The summed E-state index contributed by atoms with van der Waals surface area (Å²) in [6.07, 6.45) is 3.53.